The van der Waals surface area contributed by atoms with Gasteiger partial charge in [-0.25, -0.2) is 9.79 Å². The van der Waals surface area contributed by atoms with Gasteiger partial charge in [-0.05, 0) is 6.42 Å². The van der Waals surface area contributed by atoms with Crippen molar-refractivity contribution in [2.45, 2.75) is 13.3 Å². The number of hydrogen-bond acceptors (Lipinski definition) is 2. The van der Waals surface area contributed by atoms with E-state index in [2.05, 4.69) is 24.1 Å². The van der Waals surface area contributed by atoms with Gasteiger partial charge in [0.2, 0.25) is 6.08 Å². The van der Waals surface area contributed by atoms with Crippen LogP contribution in [0.25, 0.3) is 0 Å². The zero-order chi connectivity index (χ0) is 8.16. The van der Waals surface area contributed by atoms with Crippen molar-refractivity contribution in [3.63, 3.8) is 0 Å². The van der Waals surface area contributed by atoms with Gasteiger partial charge >= 0.3 is 0 Å². The van der Waals surface area contributed by atoms with Gasteiger partial charge in [-0.1, -0.05) is 31.2 Å². The first-order chi connectivity index (χ1) is 5.27. The Balaban J connectivity index is 2.60. The molecule has 2 nitrogen and oxygen atoms in total. The predicted molar refractivity (Wildman–Crippen MR) is 44.0 cm³/mol. The average Bonchev–Trinajstić information content (AvgIpc) is 2.03. The van der Waals surface area contributed by atoms with Gasteiger partial charge in [0.05, 0.1) is 6.54 Å². The maximum absolute atomic E-state index is 9.86. The van der Waals surface area contributed by atoms with Crippen LogP contribution in [0.1, 0.15) is 13.3 Å². The van der Waals surface area contributed by atoms with Crippen molar-refractivity contribution in [3.8, 4) is 0 Å². The maximum atomic E-state index is 9.86. The Morgan fingerprint density at radius 1 is 1.64 bits per heavy atom. The van der Waals surface area contributed by atoms with E-state index in [4.69, 9.17) is 0 Å². The second kappa shape index (κ2) is 3.31. The van der Waals surface area contributed by atoms with E-state index in [-0.39, 0.29) is 5.41 Å². The lowest BCUT2D eigenvalue weighted by molar-refractivity contribution is 0.442. The van der Waals surface area contributed by atoms with Crippen molar-refractivity contribution in [2.75, 3.05) is 6.54 Å². The number of nitrogens with zero attached hydrogens (tertiary/aromatic N) is 1. The van der Waals surface area contributed by atoms with E-state index in [1.807, 2.05) is 12.2 Å². The zero-order valence-corrected chi connectivity index (χ0v) is 6.58. The molecule has 0 saturated heterocycles. The molecular weight excluding hydrogens is 138 g/mol. The SMILES string of the molecule is CC1(CN=C=O)C=CC=CC1. The molecule has 0 aromatic rings. The fraction of sp³-hybridized carbons (Fsp3) is 0.444. The molecule has 0 radical (unpaired) electrons. The van der Waals surface area contributed by atoms with E-state index in [1.54, 1.807) is 6.08 Å². The molecule has 0 aromatic heterocycles. The average molecular weight is 149 g/mol. The lowest BCUT2D eigenvalue weighted by Gasteiger charge is -2.22. The van der Waals surface area contributed by atoms with Gasteiger partial charge in [-0.3, -0.25) is 0 Å². The van der Waals surface area contributed by atoms with Crippen LogP contribution < -0.4 is 0 Å². The minimum absolute atomic E-state index is 0.0339. The Morgan fingerprint density at radius 2 is 2.45 bits per heavy atom. The van der Waals surface area contributed by atoms with E-state index >= 15 is 0 Å². The second-order valence-electron chi connectivity index (χ2n) is 3.05. The van der Waals surface area contributed by atoms with Gasteiger partial charge in [0.1, 0.15) is 0 Å². The lowest BCUT2D eigenvalue weighted by Crippen LogP contribution is -2.17. The van der Waals surface area contributed by atoms with Crippen LogP contribution in [0.5, 0.6) is 0 Å². The molecule has 1 aliphatic rings. The van der Waals surface area contributed by atoms with Crippen molar-refractivity contribution < 1.29 is 4.79 Å². The lowest BCUT2D eigenvalue weighted by atomic mass is 9.84. The molecule has 0 amide bonds. The van der Waals surface area contributed by atoms with Crippen molar-refractivity contribution >= 4 is 6.08 Å². The van der Waals surface area contributed by atoms with Crippen molar-refractivity contribution in [1.82, 2.24) is 0 Å². The number of carbonyl (C=O) groups excluding carboxylic acids is 1. The molecule has 0 heterocycles. The predicted octanol–water partition coefficient (Wildman–Crippen LogP) is 1.84. The highest BCUT2D eigenvalue weighted by molar-refractivity contribution is 5.33. The van der Waals surface area contributed by atoms with Crippen LogP contribution in [0.2, 0.25) is 0 Å². The fourth-order valence-corrected chi connectivity index (χ4v) is 1.10. The Morgan fingerprint density at radius 3 is 3.00 bits per heavy atom. The first-order valence-corrected chi connectivity index (χ1v) is 3.65. The largest absolute Gasteiger partial charge is 0.234 e. The van der Waals surface area contributed by atoms with Crippen molar-refractivity contribution in [3.05, 3.63) is 24.3 Å². The second-order valence-corrected chi connectivity index (χ2v) is 3.05. The summed E-state index contributed by atoms with van der Waals surface area (Å²) in [5.74, 6) is 0. The van der Waals surface area contributed by atoms with E-state index in [9.17, 15) is 4.79 Å². The summed E-state index contributed by atoms with van der Waals surface area (Å²) in [4.78, 5) is 13.4. The summed E-state index contributed by atoms with van der Waals surface area (Å²) in [5.41, 5.74) is 0.0339. The third-order valence-corrected chi connectivity index (χ3v) is 1.83. The molecule has 1 aliphatic carbocycles. The third-order valence-electron chi connectivity index (χ3n) is 1.83. The normalized spacial score (nSPS) is 28.1. The molecule has 11 heavy (non-hydrogen) atoms. The highest BCUT2D eigenvalue weighted by Crippen LogP contribution is 2.26. The molecular formula is C9H11NO. The molecule has 0 N–H and O–H groups in total. The summed E-state index contributed by atoms with van der Waals surface area (Å²) in [6, 6.07) is 0. The Hall–Kier alpha value is -1.14. The van der Waals surface area contributed by atoms with Crippen LogP contribution in [-0.2, 0) is 4.79 Å². The molecule has 0 fully saturated rings. The molecule has 0 bridgehead atoms. The van der Waals surface area contributed by atoms with E-state index in [0.717, 1.165) is 6.42 Å². The summed E-state index contributed by atoms with van der Waals surface area (Å²) < 4.78 is 0. The van der Waals surface area contributed by atoms with E-state index < -0.39 is 0 Å². The first kappa shape index (κ1) is 7.96. The minimum Gasteiger partial charge on any atom is -0.211 e. The van der Waals surface area contributed by atoms with Gasteiger partial charge < -0.3 is 0 Å². The van der Waals surface area contributed by atoms with E-state index in [0.29, 0.717) is 6.54 Å². The standard InChI is InChI=1S/C9H11NO/c1-9(7-10-8-11)5-3-2-4-6-9/h2-5H,6-7H2,1H3. The fourth-order valence-electron chi connectivity index (χ4n) is 1.10. The highest BCUT2D eigenvalue weighted by atomic mass is 16.1. The van der Waals surface area contributed by atoms with Crippen LogP contribution in [0.15, 0.2) is 29.3 Å². The quantitative estimate of drug-likeness (QED) is 0.435. The molecule has 1 atom stereocenters. The molecule has 2 heteroatoms. The number of aliphatic imine (C=N–C) groups is 1. The van der Waals surface area contributed by atoms with Gasteiger partial charge in [0.25, 0.3) is 0 Å². The molecule has 1 unspecified atom stereocenters. The number of allylic oxidation sites excluding steroid dienone is 3. The van der Waals surface area contributed by atoms with Crippen LogP contribution >= 0.6 is 0 Å². The van der Waals surface area contributed by atoms with E-state index in [1.165, 1.54) is 0 Å². The summed E-state index contributed by atoms with van der Waals surface area (Å²) in [5, 5.41) is 0. The van der Waals surface area contributed by atoms with Crippen molar-refractivity contribution in [2.24, 2.45) is 10.4 Å². The number of isocyanates is 1. The summed E-state index contributed by atoms with van der Waals surface area (Å²) in [6.07, 6.45) is 10.7. The number of hydrogen-bond donors (Lipinski definition) is 0. The monoisotopic (exact) mass is 149 g/mol. The smallest absolute Gasteiger partial charge is 0.211 e. The molecule has 1 rings (SSSR count). The Labute approximate surface area is 66.3 Å². The Kier molecular flexibility index (Phi) is 2.40. The molecule has 0 aliphatic heterocycles. The van der Waals surface area contributed by atoms with Crippen LogP contribution in [0, 0.1) is 5.41 Å². The summed E-state index contributed by atoms with van der Waals surface area (Å²) >= 11 is 0. The van der Waals surface area contributed by atoms with Crippen LogP contribution in [0.3, 0.4) is 0 Å². The topological polar surface area (TPSA) is 29.4 Å². The summed E-state index contributed by atoms with van der Waals surface area (Å²) in [7, 11) is 0. The van der Waals surface area contributed by atoms with Crippen molar-refractivity contribution in [1.29, 1.82) is 0 Å². The zero-order valence-electron chi connectivity index (χ0n) is 6.58. The Bertz CT molecular complexity index is 236. The minimum atomic E-state index is 0.0339. The van der Waals surface area contributed by atoms with Crippen LogP contribution in [0.4, 0.5) is 0 Å². The molecule has 0 aromatic carbocycles. The van der Waals surface area contributed by atoms with Gasteiger partial charge in [-0.2, -0.15) is 0 Å². The highest BCUT2D eigenvalue weighted by Gasteiger charge is 2.19. The summed E-state index contributed by atoms with van der Waals surface area (Å²) in [6.45, 7) is 2.62. The van der Waals surface area contributed by atoms with Gasteiger partial charge in [0.15, 0.2) is 0 Å². The van der Waals surface area contributed by atoms with Gasteiger partial charge in [-0.15, -0.1) is 0 Å². The number of rotatable bonds is 2. The maximum Gasteiger partial charge on any atom is 0.234 e. The molecule has 58 valence electrons. The van der Waals surface area contributed by atoms with Crippen LogP contribution in [-0.4, -0.2) is 12.6 Å². The third kappa shape index (κ3) is 2.17. The molecule has 0 spiro atoms. The molecule has 0 saturated carbocycles. The first-order valence-electron chi connectivity index (χ1n) is 3.65. The van der Waals surface area contributed by atoms with Gasteiger partial charge in [0, 0.05) is 5.41 Å².